The molecular formula is C13H13F2N3O2S. The van der Waals surface area contributed by atoms with E-state index in [-0.39, 0.29) is 5.69 Å². The maximum atomic E-state index is 14.1. The molecule has 0 saturated carbocycles. The van der Waals surface area contributed by atoms with Crippen LogP contribution in [0, 0.1) is 18.6 Å². The Labute approximate surface area is 120 Å². The molecule has 0 unspecified atom stereocenters. The van der Waals surface area contributed by atoms with Gasteiger partial charge in [0, 0.05) is 18.3 Å². The highest BCUT2D eigenvalue weighted by atomic mass is 32.2. The van der Waals surface area contributed by atoms with Crippen molar-refractivity contribution in [2.45, 2.75) is 18.4 Å². The third-order valence-corrected chi connectivity index (χ3v) is 4.31. The van der Waals surface area contributed by atoms with E-state index in [2.05, 4.69) is 9.71 Å². The van der Waals surface area contributed by atoms with E-state index >= 15 is 0 Å². The summed E-state index contributed by atoms with van der Waals surface area (Å²) in [5, 5.41) is 0. The molecule has 0 bridgehead atoms. The number of rotatable bonds is 4. The maximum Gasteiger partial charge on any atom is 0.264 e. The van der Waals surface area contributed by atoms with Gasteiger partial charge in [-0.1, -0.05) is 0 Å². The Morgan fingerprint density at radius 3 is 2.62 bits per heavy atom. The van der Waals surface area contributed by atoms with Crippen LogP contribution in [0.25, 0.3) is 0 Å². The number of hydrogen-bond donors (Lipinski definition) is 2. The van der Waals surface area contributed by atoms with Crippen LogP contribution in [0.3, 0.4) is 0 Å². The van der Waals surface area contributed by atoms with Crippen molar-refractivity contribution in [2.75, 3.05) is 4.72 Å². The second kappa shape index (κ2) is 5.74. The minimum Gasteiger partial charge on any atom is -0.326 e. The monoisotopic (exact) mass is 313 g/mol. The smallest absolute Gasteiger partial charge is 0.264 e. The molecule has 0 spiro atoms. The summed E-state index contributed by atoms with van der Waals surface area (Å²) in [5.74, 6) is -2.07. The average Bonchev–Trinajstić information content (AvgIpc) is 2.41. The van der Waals surface area contributed by atoms with E-state index < -0.39 is 38.7 Å². The van der Waals surface area contributed by atoms with Gasteiger partial charge in [0.15, 0.2) is 5.82 Å². The molecule has 1 heterocycles. The molecule has 0 fully saturated rings. The molecule has 0 aliphatic heterocycles. The fraction of sp³-hybridized carbons (Fsp3) is 0.154. The van der Waals surface area contributed by atoms with E-state index in [4.69, 9.17) is 5.73 Å². The van der Waals surface area contributed by atoms with Gasteiger partial charge in [0.25, 0.3) is 10.0 Å². The van der Waals surface area contributed by atoms with Crippen LogP contribution < -0.4 is 10.5 Å². The number of benzene rings is 1. The van der Waals surface area contributed by atoms with Gasteiger partial charge in [-0.15, -0.1) is 0 Å². The first-order valence-corrected chi connectivity index (χ1v) is 7.45. The normalized spacial score (nSPS) is 11.4. The van der Waals surface area contributed by atoms with Crippen molar-refractivity contribution in [3.63, 3.8) is 0 Å². The lowest BCUT2D eigenvalue weighted by Gasteiger charge is -2.12. The SMILES string of the molecule is Cc1ccncc1NS(=O)(=O)c1ccc(F)c(CN)c1F. The van der Waals surface area contributed by atoms with Gasteiger partial charge in [-0.05, 0) is 30.7 Å². The first-order chi connectivity index (χ1) is 9.86. The topological polar surface area (TPSA) is 85.1 Å². The highest BCUT2D eigenvalue weighted by Gasteiger charge is 2.23. The van der Waals surface area contributed by atoms with Crippen LogP contribution in [-0.4, -0.2) is 13.4 Å². The molecule has 0 aliphatic carbocycles. The zero-order chi connectivity index (χ0) is 15.6. The Morgan fingerprint density at radius 2 is 2.00 bits per heavy atom. The number of aryl methyl sites for hydroxylation is 1. The molecule has 0 saturated heterocycles. The van der Waals surface area contributed by atoms with Crippen LogP contribution in [0.1, 0.15) is 11.1 Å². The molecule has 0 atom stereocenters. The van der Waals surface area contributed by atoms with Gasteiger partial charge in [0.2, 0.25) is 0 Å². The fourth-order valence-electron chi connectivity index (χ4n) is 1.74. The van der Waals surface area contributed by atoms with Crippen LogP contribution in [0.5, 0.6) is 0 Å². The van der Waals surface area contributed by atoms with Crippen molar-refractivity contribution in [3.05, 3.63) is 53.4 Å². The number of anilines is 1. The van der Waals surface area contributed by atoms with E-state index in [0.29, 0.717) is 5.56 Å². The maximum absolute atomic E-state index is 14.1. The first kappa shape index (κ1) is 15.3. The minimum atomic E-state index is -4.20. The Hall–Kier alpha value is -2.06. The van der Waals surface area contributed by atoms with E-state index in [1.807, 2.05) is 0 Å². The Balaban J connectivity index is 2.48. The second-order valence-corrected chi connectivity index (χ2v) is 5.99. The highest BCUT2D eigenvalue weighted by Crippen LogP contribution is 2.24. The Morgan fingerprint density at radius 1 is 1.29 bits per heavy atom. The Kier molecular flexibility index (Phi) is 4.19. The molecule has 112 valence electrons. The summed E-state index contributed by atoms with van der Waals surface area (Å²) in [5.41, 5.74) is 5.60. The lowest BCUT2D eigenvalue weighted by atomic mass is 10.2. The molecule has 2 rings (SSSR count). The summed E-state index contributed by atoms with van der Waals surface area (Å²) < 4.78 is 54.1. The summed E-state index contributed by atoms with van der Waals surface area (Å²) in [4.78, 5) is 3.13. The molecule has 0 radical (unpaired) electrons. The van der Waals surface area contributed by atoms with E-state index in [1.165, 1.54) is 12.4 Å². The summed E-state index contributed by atoms with van der Waals surface area (Å²) in [7, 11) is -4.20. The van der Waals surface area contributed by atoms with Gasteiger partial charge in [0.05, 0.1) is 11.9 Å². The summed E-state index contributed by atoms with van der Waals surface area (Å²) in [6.07, 6.45) is 2.80. The van der Waals surface area contributed by atoms with Gasteiger partial charge in [-0.3, -0.25) is 9.71 Å². The third kappa shape index (κ3) is 3.01. The predicted octanol–water partition coefficient (Wildman–Crippen LogP) is 1.93. The molecule has 1 aromatic carbocycles. The van der Waals surface area contributed by atoms with Gasteiger partial charge in [0.1, 0.15) is 10.7 Å². The zero-order valence-corrected chi connectivity index (χ0v) is 11.9. The minimum absolute atomic E-state index is 0.218. The van der Waals surface area contributed by atoms with Crippen molar-refractivity contribution in [1.29, 1.82) is 0 Å². The zero-order valence-electron chi connectivity index (χ0n) is 11.1. The number of nitrogens with one attached hydrogen (secondary N) is 1. The number of nitrogens with two attached hydrogens (primary N) is 1. The van der Waals surface area contributed by atoms with Crippen molar-refractivity contribution in [2.24, 2.45) is 5.73 Å². The quantitative estimate of drug-likeness (QED) is 0.903. The molecule has 0 aliphatic rings. The van der Waals surface area contributed by atoms with Crippen LogP contribution in [0.2, 0.25) is 0 Å². The number of sulfonamides is 1. The van der Waals surface area contributed by atoms with Gasteiger partial charge in [-0.25, -0.2) is 17.2 Å². The molecule has 21 heavy (non-hydrogen) atoms. The molecule has 3 N–H and O–H groups in total. The van der Waals surface area contributed by atoms with Crippen LogP contribution in [0.15, 0.2) is 35.5 Å². The summed E-state index contributed by atoms with van der Waals surface area (Å²) in [6.45, 7) is 1.23. The van der Waals surface area contributed by atoms with Crippen molar-refractivity contribution in [1.82, 2.24) is 4.98 Å². The van der Waals surface area contributed by atoms with E-state index in [0.717, 1.165) is 12.1 Å². The molecule has 0 amide bonds. The first-order valence-electron chi connectivity index (χ1n) is 5.97. The standard InChI is InChI=1S/C13H13F2N3O2S/c1-8-4-5-17-7-11(8)18-21(19,20)12-3-2-10(14)9(6-16)13(12)15/h2-5,7,18H,6,16H2,1H3. The van der Waals surface area contributed by atoms with E-state index in [9.17, 15) is 17.2 Å². The van der Waals surface area contributed by atoms with Gasteiger partial charge < -0.3 is 5.73 Å². The van der Waals surface area contributed by atoms with Gasteiger partial charge >= 0.3 is 0 Å². The largest absolute Gasteiger partial charge is 0.326 e. The van der Waals surface area contributed by atoms with Crippen molar-refractivity contribution >= 4 is 15.7 Å². The van der Waals surface area contributed by atoms with Gasteiger partial charge in [-0.2, -0.15) is 0 Å². The molecular weight excluding hydrogens is 300 g/mol. The number of nitrogens with zero attached hydrogens (tertiary/aromatic N) is 1. The average molecular weight is 313 g/mol. The molecule has 1 aromatic heterocycles. The van der Waals surface area contributed by atoms with Crippen molar-refractivity contribution < 1.29 is 17.2 Å². The third-order valence-electron chi connectivity index (χ3n) is 2.93. The van der Waals surface area contributed by atoms with Crippen LogP contribution >= 0.6 is 0 Å². The lowest BCUT2D eigenvalue weighted by molar-refractivity contribution is 0.530. The highest BCUT2D eigenvalue weighted by molar-refractivity contribution is 7.92. The van der Waals surface area contributed by atoms with Crippen molar-refractivity contribution in [3.8, 4) is 0 Å². The summed E-state index contributed by atoms with van der Waals surface area (Å²) >= 11 is 0. The Bertz CT molecular complexity index is 779. The number of pyridine rings is 1. The molecule has 2 aromatic rings. The van der Waals surface area contributed by atoms with Crippen LogP contribution in [-0.2, 0) is 16.6 Å². The fourth-order valence-corrected chi connectivity index (χ4v) is 2.96. The lowest BCUT2D eigenvalue weighted by Crippen LogP contribution is -2.17. The number of halogens is 2. The number of aromatic nitrogens is 1. The number of hydrogen-bond acceptors (Lipinski definition) is 4. The molecule has 8 heteroatoms. The van der Waals surface area contributed by atoms with E-state index in [1.54, 1.807) is 13.0 Å². The predicted molar refractivity (Wildman–Crippen MR) is 74.0 cm³/mol. The summed E-state index contributed by atoms with van der Waals surface area (Å²) in [6, 6.07) is 3.33. The second-order valence-electron chi connectivity index (χ2n) is 4.34. The molecule has 5 nitrogen and oxygen atoms in total. The van der Waals surface area contributed by atoms with Crippen LogP contribution in [0.4, 0.5) is 14.5 Å².